The van der Waals surface area contributed by atoms with Crippen molar-refractivity contribution in [3.63, 3.8) is 0 Å². The minimum Gasteiger partial charge on any atom is -0.348 e. The summed E-state index contributed by atoms with van der Waals surface area (Å²) in [7, 11) is 0. The molecule has 0 bridgehead atoms. The van der Waals surface area contributed by atoms with Crippen molar-refractivity contribution in [2.45, 2.75) is 45.7 Å². The standard InChI is InChI=1S/C15H24N2O/c1-4-11(3)14(16)15(18)17-13(5-2)12-9-7-6-8-10-12/h6-11,13-14H,4-5,16H2,1-3H3,(H,17,18)/t11?,13-,14?/m0/s1. The molecular weight excluding hydrogens is 224 g/mol. The number of hydrogen-bond donors (Lipinski definition) is 2. The van der Waals surface area contributed by atoms with Gasteiger partial charge in [-0.3, -0.25) is 4.79 Å². The summed E-state index contributed by atoms with van der Waals surface area (Å²) in [5.41, 5.74) is 7.07. The third kappa shape index (κ3) is 3.84. The molecule has 0 aromatic heterocycles. The van der Waals surface area contributed by atoms with Crippen molar-refractivity contribution in [2.24, 2.45) is 11.7 Å². The molecule has 3 N–H and O–H groups in total. The van der Waals surface area contributed by atoms with Gasteiger partial charge in [-0.05, 0) is 17.9 Å². The van der Waals surface area contributed by atoms with Gasteiger partial charge < -0.3 is 11.1 Å². The van der Waals surface area contributed by atoms with Crippen LogP contribution in [0.15, 0.2) is 30.3 Å². The number of amides is 1. The molecule has 0 aliphatic rings. The van der Waals surface area contributed by atoms with E-state index in [4.69, 9.17) is 5.73 Å². The van der Waals surface area contributed by atoms with Gasteiger partial charge in [0.15, 0.2) is 0 Å². The summed E-state index contributed by atoms with van der Waals surface area (Å²) in [6.45, 7) is 6.12. The summed E-state index contributed by atoms with van der Waals surface area (Å²) in [5.74, 6) is 0.151. The second kappa shape index (κ2) is 7.17. The number of nitrogens with one attached hydrogen (secondary N) is 1. The van der Waals surface area contributed by atoms with E-state index in [0.29, 0.717) is 0 Å². The van der Waals surface area contributed by atoms with Crippen LogP contribution in [0.5, 0.6) is 0 Å². The van der Waals surface area contributed by atoms with Crippen LogP contribution in [0, 0.1) is 5.92 Å². The summed E-state index contributed by atoms with van der Waals surface area (Å²) >= 11 is 0. The maximum absolute atomic E-state index is 12.0. The highest BCUT2D eigenvalue weighted by Crippen LogP contribution is 2.16. The summed E-state index contributed by atoms with van der Waals surface area (Å²) in [4.78, 5) is 12.0. The number of hydrogen-bond acceptors (Lipinski definition) is 2. The molecule has 0 heterocycles. The first-order valence-electron chi connectivity index (χ1n) is 6.71. The fourth-order valence-corrected chi connectivity index (χ4v) is 1.89. The van der Waals surface area contributed by atoms with E-state index in [1.807, 2.05) is 44.2 Å². The summed E-state index contributed by atoms with van der Waals surface area (Å²) < 4.78 is 0. The molecule has 3 heteroatoms. The second-order valence-corrected chi connectivity index (χ2v) is 4.79. The van der Waals surface area contributed by atoms with Crippen molar-refractivity contribution in [1.82, 2.24) is 5.32 Å². The van der Waals surface area contributed by atoms with Crippen LogP contribution in [-0.4, -0.2) is 11.9 Å². The molecule has 0 fully saturated rings. The lowest BCUT2D eigenvalue weighted by Gasteiger charge is -2.23. The van der Waals surface area contributed by atoms with Crippen molar-refractivity contribution in [2.75, 3.05) is 0 Å². The quantitative estimate of drug-likeness (QED) is 0.813. The molecule has 0 saturated heterocycles. The maximum Gasteiger partial charge on any atom is 0.237 e. The van der Waals surface area contributed by atoms with Crippen molar-refractivity contribution in [3.8, 4) is 0 Å². The zero-order chi connectivity index (χ0) is 13.5. The summed E-state index contributed by atoms with van der Waals surface area (Å²) in [5, 5.41) is 3.03. The van der Waals surface area contributed by atoms with E-state index in [1.54, 1.807) is 0 Å². The van der Waals surface area contributed by atoms with E-state index < -0.39 is 6.04 Å². The Balaban J connectivity index is 2.67. The van der Waals surface area contributed by atoms with Gasteiger partial charge in [-0.15, -0.1) is 0 Å². The molecule has 0 radical (unpaired) electrons. The number of nitrogens with two attached hydrogens (primary N) is 1. The third-order valence-electron chi connectivity index (χ3n) is 3.49. The Morgan fingerprint density at radius 1 is 1.22 bits per heavy atom. The van der Waals surface area contributed by atoms with Crippen LogP contribution < -0.4 is 11.1 Å². The molecule has 2 unspecified atom stereocenters. The number of rotatable bonds is 6. The van der Waals surface area contributed by atoms with Gasteiger partial charge in [0.2, 0.25) is 5.91 Å². The van der Waals surface area contributed by atoms with E-state index in [-0.39, 0.29) is 17.9 Å². The van der Waals surface area contributed by atoms with Gasteiger partial charge >= 0.3 is 0 Å². The van der Waals surface area contributed by atoms with Crippen LogP contribution in [0.1, 0.15) is 45.2 Å². The van der Waals surface area contributed by atoms with E-state index in [0.717, 1.165) is 18.4 Å². The molecule has 3 nitrogen and oxygen atoms in total. The zero-order valence-corrected chi connectivity index (χ0v) is 11.5. The Bertz CT molecular complexity index is 364. The summed E-state index contributed by atoms with van der Waals surface area (Å²) in [6, 6.07) is 9.63. The normalized spacial score (nSPS) is 15.8. The Labute approximate surface area is 110 Å². The fraction of sp³-hybridized carbons (Fsp3) is 0.533. The van der Waals surface area contributed by atoms with Crippen LogP contribution in [0.2, 0.25) is 0 Å². The van der Waals surface area contributed by atoms with E-state index in [2.05, 4.69) is 12.2 Å². The van der Waals surface area contributed by atoms with Gasteiger partial charge in [-0.2, -0.15) is 0 Å². The molecule has 100 valence electrons. The molecule has 0 aliphatic carbocycles. The first-order chi connectivity index (χ1) is 8.60. The van der Waals surface area contributed by atoms with Gasteiger partial charge in [0.25, 0.3) is 0 Å². The monoisotopic (exact) mass is 248 g/mol. The van der Waals surface area contributed by atoms with Gasteiger partial charge in [0, 0.05) is 0 Å². The zero-order valence-electron chi connectivity index (χ0n) is 11.5. The first kappa shape index (κ1) is 14.7. The highest BCUT2D eigenvalue weighted by molar-refractivity contribution is 5.82. The maximum atomic E-state index is 12.0. The van der Waals surface area contributed by atoms with E-state index in [9.17, 15) is 4.79 Å². The third-order valence-corrected chi connectivity index (χ3v) is 3.49. The molecule has 1 aromatic carbocycles. The van der Waals surface area contributed by atoms with Crippen molar-refractivity contribution >= 4 is 5.91 Å². The highest BCUT2D eigenvalue weighted by atomic mass is 16.2. The Hall–Kier alpha value is -1.35. The molecule has 3 atom stereocenters. The molecule has 0 aliphatic heterocycles. The lowest BCUT2D eigenvalue weighted by molar-refractivity contribution is -0.124. The van der Waals surface area contributed by atoms with Crippen LogP contribution in [-0.2, 0) is 4.79 Å². The topological polar surface area (TPSA) is 55.1 Å². The molecular formula is C15H24N2O. The van der Waals surface area contributed by atoms with Crippen molar-refractivity contribution in [1.29, 1.82) is 0 Å². The number of carbonyl (C=O) groups excluding carboxylic acids is 1. The molecule has 1 aromatic rings. The molecule has 1 rings (SSSR count). The van der Waals surface area contributed by atoms with E-state index >= 15 is 0 Å². The lowest BCUT2D eigenvalue weighted by Crippen LogP contribution is -2.45. The lowest BCUT2D eigenvalue weighted by atomic mass is 9.98. The van der Waals surface area contributed by atoms with Crippen LogP contribution in [0.4, 0.5) is 0 Å². The number of carbonyl (C=O) groups is 1. The van der Waals surface area contributed by atoms with Crippen molar-refractivity contribution < 1.29 is 4.79 Å². The minimum absolute atomic E-state index is 0.0498. The van der Waals surface area contributed by atoms with Gasteiger partial charge in [0.05, 0.1) is 12.1 Å². The molecule has 0 spiro atoms. The second-order valence-electron chi connectivity index (χ2n) is 4.79. The molecule has 1 amide bonds. The van der Waals surface area contributed by atoms with Crippen LogP contribution in [0.3, 0.4) is 0 Å². The minimum atomic E-state index is -0.423. The SMILES string of the molecule is CCC(C)C(N)C(=O)N[C@@H](CC)c1ccccc1. The van der Waals surface area contributed by atoms with Crippen LogP contribution in [0.25, 0.3) is 0 Å². The fourth-order valence-electron chi connectivity index (χ4n) is 1.89. The Kier molecular flexibility index (Phi) is 5.86. The largest absolute Gasteiger partial charge is 0.348 e. The smallest absolute Gasteiger partial charge is 0.237 e. The van der Waals surface area contributed by atoms with Gasteiger partial charge in [-0.25, -0.2) is 0 Å². The van der Waals surface area contributed by atoms with Gasteiger partial charge in [0.1, 0.15) is 0 Å². The molecule has 0 saturated carbocycles. The number of benzene rings is 1. The Morgan fingerprint density at radius 3 is 2.33 bits per heavy atom. The first-order valence-corrected chi connectivity index (χ1v) is 6.71. The van der Waals surface area contributed by atoms with Crippen LogP contribution >= 0.6 is 0 Å². The highest BCUT2D eigenvalue weighted by Gasteiger charge is 2.22. The average molecular weight is 248 g/mol. The van der Waals surface area contributed by atoms with Gasteiger partial charge in [-0.1, -0.05) is 57.5 Å². The average Bonchev–Trinajstić information content (AvgIpc) is 2.43. The Morgan fingerprint density at radius 2 is 1.83 bits per heavy atom. The predicted octanol–water partition coefficient (Wildman–Crippen LogP) is 2.63. The molecule has 18 heavy (non-hydrogen) atoms. The predicted molar refractivity (Wildman–Crippen MR) is 75.0 cm³/mol. The van der Waals surface area contributed by atoms with E-state index in [1.165, 1.54) is 0 Å². The summed E-state index contributed by atoms with van der Waals surface area (Å²) in [6.07, 6.45) is 1.78. The van der Waals surface area contributed by atoms with Crippen molar-refractivity contribution in [3.05, 3.63) is 35.9 Å².